The molecule has 0 unspecified atom stereocenters. The topological polar surface area (TPSA) is 34.1 Å². The molecule has 0 aliphatic carbocycles. The third kappa shape index (κ3) is 2.16. The highest BCUT2D eigenvalue weighted by atomic mass is 35.5. The molecule has 13 heavy (non-hydrogen) atoms. The number of hydrogen-bond donors (Lipinski definition) is 0. The van der Waals surface area contributed by atoms with Gasteiger partial charge in [-0.3, -0.25) is 9.59 Å². The summed E-state index contributed by atoms with van der Waals surface area (Å²) in [6.45, 7) is 2.84. The fraction of sp³-hybridized carbons (Fsp3) is 0.200. The minimum atomic E-state index is -0.146. The monoisotopic (exact) mass is 196 g/mol. The molecule has 0 atom stereocenters. The highest BCUT2D eigenvalue weighted by molar-refractivity contribution is 6.31. The molecule has 0 aliphatic rings. The highest BCUT2D eigenvalue weighted by Gasteiger charge is 2.10. The summed E-state index contributed by atoms with van der Waals surface area (Å²) in [7, 11) is 0. The van der Waals surface area contributed by atoms with Gasteiger partial charge < -0.3 is 0 Å². The Balaban J connectivity index is 3.35. The first-order valence-corrected chi connectivity index (χ1v) is 4.21. The van der Waals surface area contributed by atoms with Gasteiger partial charge in [0.25, 0.3) is 0 Å². The zero-order valence-corrected chi connectivity index (χ0v) is 8.18. The zero-order valence-electron chi connectivity index (χ0n) is 7.43. The average Bonchev–Trinajstić information content (AvgIpc) is 2.03. The quantitative estimate of drug-likeness (QED) is 0.682. The summed E-state index contributed by atoms with van der Waals surface area (Å²) >= 11 is 5.70. The van der Waals surface area contributed by atoms with Gasteiger partial charge >= 0.3 is 0 Å². The van der Waals surface area contributed by atoms with Crippen molar-refractivity contribution in [2.75, 3.05) is 0 Å². The Bertz CT molecular complexity index is 369. The number of benzene rings is 1. The van der Waals surface area contributed by atoms with Gasteiger partial charge in [0.15, 0.2) is 11.6 Å². The van der Waals surface area contributed by atoms with Crippen molar-refractivity contribution in [3.05, 3.63) is 34.3 Å². The standard InChI is InChI=1S/C10H9ClO2/c1-6(12)9-4-3-8(11)5-10(9)7(2)13/h3-5H,1-2H3. The summed E-state index contributed by atoms with van der Waals surface area (Å²) in [5.41, 5.74) is 0.817. The molecule has 0 spiro atoms. The molecule has 1 aromatic carbocycles. The summed E-state index contributed by atoms with van der Waals surface area (Å²) in [6.07, 6.45) is 0. The van der Waals surface area contributed by atoms with Crippen LogP contribution in [0.5, 0.6) is 0 Å². The maximum atomic E-state index is 11.1. The van der Waals surface area contributed by atoms with Gasteiger partial charge in [-0.05, 0) is 32.0 Å². The molecule has 0 radical (unpaired) electrons. The molecule has 68 valence electrons. The fourth-order valence-corrected chi connectivity index (χ4v) is 1.29. The van der Waals surface area contributed by atoms with Crippen molar-refractivity contribution >= 4 is 23.2 Å². The summed E-state index contributed by atoms with van der Waals surface area (Å²) in [5.74, 6) is -0.269. The van der Waals surface area contributed by atoms with Crippen LogP contribution in [0.2, 0.25) is 5.02 Å². The lowest BCUT2D eigenvalue weighted by Gasteiger charge is -2.02. The SMILES string of the molecule is CC(=O)c1ccc(Cl)cc1C(C)=O. The Morgan fingerprint density at radius 2 is 1.62 bits per heavy atom. The summed E-state index contributed by atoms with van der Waals surface area (Å²) in [5, 5.41) is 0.468. The molecule has 0 N–H and O–H groups in total. The van der Waals surface area contributed by atoms with Crippen molar-refractivity contribution in [1.29, 1.82) is 0 Å². The second kappa shape index (κ2) is 3.71. The molecule has 0 aromatic heterocycles. The number of hydrogen-bond acceptors (Lipinski definition) is 2. The second-order valence-corrected chi connectivity index (χ2v) is 3.24. The molecule has 0 saturated carbocycles. The Morgan fingerprint density at radius 3 is 2.08 bits per heavy atom. The van der Waals surface area contributed by atoms with Crippen LogP contribution in [0, 0.1) is 0 Å². The van der Waals surface area contributed by atoms with Gasteiger partial charge in [-0.1, -0.05) is 11.6 Å². The van der Waals surface area contributed by atoms with Gasteiger partial charge in [0.1, 0.15) is 0 Å². The number of ketones is 2. The lowest BCUT2D eigenvalue weighted by atomic mass is 10.0. The van der Waals surface area contributed by atoms with Crippen LogP contribution in [0.15, 0.2) is 18.2 Å². The normalized spacial score (nSPS) is 9.77. The molecule has 0 heterocycles. The van der Waals surface area contributed by atoms with Crippen molar-refractivity contribution in [3.8, 4) is 0 Å². The predicted octanol–water partition coefficient (Wildman–Crippen LogP) is 2.75. The molecular weight excluding hydrogens is 188 g/mol. The van der Waals surface area contributed by atoms with E-state index in [4.69, 9.17) is 11.6 Å². The maximum absolute atomic E-state index is 11.1. The van der Waals surface area contributed by atoms with Gasteiger partial charge in [0.2, 0.25) is 0 Å². The number of carbonyl (C=O) groups is 2. The molecule has 0 aliphatic heterocycles. The van der Waals surface area contributed by atoms with E-state index in [1.54, 1.807) is 12.1 Å². The van der Waals surface area contributed by atoms with Crippen molar-refractivity contribution in [2.24, 2.45) is 0 Å². The Kier molecular flexibility index (Phi) is 2.83. The Morgan fingerprint density at radius 1 is 1.08 bits per heavy atom. The minimum Gasteiger partial charge on any atom is -0.294 e. The van der Waals surface area contributed by atoms with Gasteiger partial charge in [0.05, 0.1) is 0 Å². The van der Waals surface area contributed by atoms with Gasteiger partial charge in [0, 0.05) is 16.1 Å². The molecule has 3 heteroatoms. The van der Waals surface area contributed by atoms with Crippen LogP contribution in [0.25, 0.3) is 0 Å². The summed E-state index contributed by atoms with van der Waals surface area (Å²) in [4.78, 5) is 22.2. The van der Waals surface area contributed by atoms with E-state index >= 15 is 0 Å². The third-order valence-electron chi connectivity index (χ3n) is 1.74. The van der Waals surface area contributed by atoms with Crippen LogP contribution in [-0.4, -0.2) is 11.6 Å². The van der Waals surface area contributed by atoms with Crippen molar-refractivity contribution in [3.63, 3.8) is 0 Å². The summed E-state index contributed by atoms with van der Waals surface area (Å²) < 4.78 is 0. The van der Waals surface area contributed by atoms with Gasteiger partial charge in [-0.25, -0.2) is 0 Å². The van der Waals surface area contributed by atoms with E-state index in [9.17, 15) is 9.59 Å². The molecule has 0 amide bonds. The largest absolute Gasteiger partial charge is 0.294 e. The molecule has 0 bridgehead atoms. The predicted molar refractivity (Wildman–Crippen MR) is 51.5 cm³/mol. The molecule has 1 aromatic rings. The summed E-state index contributed by atoms with van der Waals surface area (Å²) in [6, 6.07) is 4.69. The highest BCUT2D eigenvalue weighted by Crippen LogP contribution is 2.17. The van der Waals surface area contributed by atoms with Crippen LogP contribution >= 0.6 is 11.6 Å². The molecule has 0 saturated heterocycles. The number of carbonyl (C=O) groups excluding carboxylic acids is 2. The lowest BCUT2D eigenvalue weighted by molar-refractivity contribution is 0.0981. The van der Waals surface area contributed by atoms with Gasteiger partial charge in [-0.15, -0.1) is 0 Å². The minimum absolute atomic E-state index is 0.123. The van der Waals surface area contributed by atoms with Crippen molar-refractivity contribution in [1.82, 2.24) is 0 Å². The molecular formula is C10H9ClO2. The second-order valence-electron chi connectivity index (χ2n) is 2.80. The third-order valence-corrected chi connectivity index (χ3v) is 1.98. The number of halogens is 1. The van der Waals surface area contributed by atoms with Crippen molar-refractivity contribution in [2.45, 2.75) is 13.8 Å². The first-order chi connectivity index (χ1) is 6.02. The van der Waals surface area contributed by atoms with E-state index in [0.29, 0.717) is 16.1 Å². The first kappa shape index (κ1) is 9.93. The van der Waals surface area contributed by atoms with Crippen LogP contribution < -0.4 is 0 Å². The van der Waals surface area contributed by atoms with Crippen LogP contribution in [-0.2, 0) is 0 Å². The van der Waals surface area contributed by atoms with E-state index in [1.807, 2.05) is 0 Å². The number of Topliss-reactive ketones (excluding diaryl/α,β-unsaturated/α-hetero) is 2. The van der Waals surface area contributed by atoms with Crippen LogP contribution in [0.1, 0.15) is 34.6 Å². The maximum Gasteiger partial charge on any atom is 0.160 e. The molecule has 1 rings (SSSR count). The molecule has 0 fully saturated rings. The smallest absolute Gasteiger partial charge is 0.160 e. The van der Waals surface area contributed by atoms with Crippen LogP contribution in [0.3, 0.4) is 0 Å². The lowest BCUT2D eigenvalue weighted by Crippen LogP contribution is -2.03. The first-order valence-electron chi connectivity index (χ1n) is 3.84. The molecule has 2 nitrogen and oxygen atoms in total. The Labute approximate surface area is 81.5 Å². The Hall–Kier alpha value is -1.15. The zero-order chi connectivity index (χ0) is 10.0. The van der Waals surface area contributed by atoms with E-state index in [1.165, 1.54) is 19.9 Å². The van der Waals surface area contributed by atoms with Crippen molar-refractivity contribution < 1.29 is 9.59 Å². The van der Waals surface area contributed by atoms with E-state index in [0.717, 1.165) is 0 Å². The number of rotatable bonds is 2. The van der Waals surface area contributed by atoms with E-state index in [-0.39, 0.29) is 11.6 Å². The van der Waals surface area contributed by atoms with Crippen LogP contribution in [0.4, 0.5) is 0 Å². The van der Waals surface area contributed by atoms with Gasteiger partial charge in [-0.2, -0.15) is 0 Å². The fourth-order valence-electron chi connectivity index (χ4n) is 1.11. The van der Waals surface area contributed by atoms with E-state index in [2.05, 4.69) is 0 Å². The average molecular weight is 197 g/mol. The van der Waals surface area contributed by atoms with E-state index < -0.39 is 0 Å².